The summed E-state index contributed by atoms with van der Waals surface area (Å²) in [6, 6.07) is 0. The molecular formula is C9H20N2O3S. The van der Waals surface area contributed by atoms with E-state index in [1.165, 1.54) is 0 Å². The van der Waals surface area contributed by atoms with E-state index in [-0.39, 0.29) is 5.25 Å². The molecule has 2 N–H and O–H groups in total. The van der Waals surface area contributed by atoms with E-state index >= 15 is 0 Å². The summed E-state index contributed by atoms with van der Waals surface area (Å²) in [7, 11) is -1.52. The van der Waals surface area contributed by atoms with E-state index in [1.807, 2.05) is 0 Å². The molecule has 0 aliphatic carbocycles. The molecule has 0 bridgehead atoms. The summed E-state index contributed by atoms with van der Waals surface area (Å²) in [6.45, 7) is 2.55. The smallest absolute Gasteiger partial charge is 0.215 e. The molecule has 90 valence electrons. The second-order valence-electron chi connectivity index (χ2n) is 3.75. The number of sulfonamides is 1. The summed E-state index contributed by atoms with van der Waals surface area (Å²) in [5.74, 6) is 0. The molecule has 0 spiro atoms. The van der Waals surface area contributed by atoms with Crippen LogP contribution in [-0.2, 0) is 14.8 Å². The minimum Gasteiger partial charge on any atom is -0.385 e. The van der Waals surface area contributed by atoms with Crippen LogP contribution in [0, 0.1) is 0 Å². The second-order valence-corrected chi connectivity index (χ2v) is 5.80. The molecular weight excluding hydrogens is 216 g/mol. The number of nitrogens with one attached hydrogen (secondary N) is 2. The first-order valence-corrected chi connectivity index (χ1v) is 6.89. The van der Waals surface area contributed by atoms with Gasteiger partial charge in [0.1, 0.15) is 0 Å². The van der Waals surface area contributed by atoms with Gasteiger partial charge in [0, 0.05) is 26.8 Å². The molecule has 15 heavy (non-hydrogen) atoms. The van der Waals surface area contributed by atoms with Gasteiger partial charge >= 0.3 is 0 Å². The zero-order valence-electron chi connectivity index (χ0n) is 9.16. The monoisotopic (exact) mass is 236 g/mol. The normalized spacial score (nSPS) is 22.9. The predicted octanol–water partition coefficient (Wildman–Crippen LogP) is -0.306. The van der Waals surface area contributed by atoms with E-state index < -0.39 is 10.0 Å². The highest BCUT2D eigenvalue weighted by atomic mass is 32.2. The van der Waals surface area contributed by atoms with Crippen LogP contribution in [0.2, 0.25) is 0 Å². The molecule has 0 aromatic rings. The van der Waals surface area contributed by atoms with Crippen molar-refractivity contribution in [3.63, 3.8) is 0 Å². The minimum absolute atomic E-state index is 0.270. The van der Waals surface area contributed by atoms with Crippen LogP contribution in [0.5, 0.6) is 0 Å². The van der Waals surface area contributed by atoms with Crippen molar-refractivity contribution in [1.82, 2.24) is 10.0 Å². The molecule has 1 saturated heterocycles. The Kier molecular flexibility index (Phi) is 5.52. The van der Waals surface area contributed by atoms with Crippen molar-refractivity contribution >= 4 is 10.0 Å². The Labute approximate surface area is 91.6 Å². The standard InChI is InChI=1S/C9H20N2O3S/c1-14-7-3-6-11-15(12,13)9-4-2-5-10-8-9/h9-11H,2-8H2,1H3. The molecule has 6 heteroatoms. The third-order valence-electron chi connectivity index (χ3n) is 2.52. The fourth-order valence-corrected chi connectivity index (χ4v) is 3.11. The van der Waals surface area contributed by atoms with E-state index in [0.717, 1.165) is 25.8 Å². The number of methoxy groups -OCH3 is 1. The van der Waals surface area contributed by atoms with Crippen molar-refractivity contribution in [2.45, 2.75) is 24.5 Å². The maximum absolute atomic E-state index is 11.8. The average molecular weight is 236 g/mol. The number of ether oxygens (including phenoxy) is 1. The molecule has 1 heterocycles. The van der Waals surface area contributed by atoms with Crippen molar-refractivity contribution < 1.29 is 13.2 Å². The molecule has 0 amide bonds. The molecule has 0 aromatic heterocycles. The van der Waals surface area contributed by atoms with Crippen molar-refractivity contribution in [3.05, 3.63) is 0 Å². The molecule has 1 aliphatic rings. The van der Waals surface area contributed by atoms with Crippen LogP contribution in [0.1, 0.15) is 19.3 Å². The van der Waals surface area contributed by atoms with Gasteiger partial charge in [-0.1, -0.05) is 0 Å². The molecule has 0 saturated carbocycles. The lowest BCUT2D eigenvalue weighted by molar-refractivity contribution is 0.196. The van der Waals surface area contributed by atoms with Crippen LogP contribution in [0.15, 0.2) is 0 Å². The van der Waals surface area contributed by atoms with E-state index in [0.29, 0.717) is 19.7 Å². The molecule has 1 aliphatic heterocycles. The SMILES string of the molecule is COCCCNS(=O)(=O)C1CCCNC1. The molecule has 1 atom stereocenters. The van der Waals surface area contributed by atoms with Gasteiger partial charge in [0.15, 0.2) is 0 Å². The number of piperidine rings is 1. The van der Waals surface area contributed by atoms with Gasteiger partial charge in [0.05, 0.1) is 5.25 Å². The predicted molar refractivity (Wildman–Crippen MR) is 59.3 cm³/mol. The molecule has 0 aromatic carbocycles. The Bertz CT molecular complexity index is 261. The third kappa shape index (κ3) is 4.46. The first-order valence-electron chi connectivity index (χ1n) is 5.35. The Morgan fingerprint density at radius 2 is 2.33 bits per heavy atom. The highest BCUT2D eigenvalue weighted by molar-refractivity contribution is 7.90. The fraction of sp³-hybridized carbons (Fsp3) is 1.00. The maximum atomic E-state index is 11.8. The highest BCUT2D eigenvalue weighted by Gasteiger charge is 2.26. The summed E-state index contributed by atoms with van der Waals surface area (Å²) in [5, 5.41) is 2.83. The maximum Gasteiger partial charge on any atom is 0.215 e. The van der Waals surface area contributed by atoms with E-state index in [2.05, 4.69) is 10.0 Å². The average Bonchev–Trinajstić information content (AvgIpc) is 2.26. The summed E-state index contributed by atoms with van der Waals surface area (Å²) in [5.41, 5.74) is 0. The van der Waals surface area contributed by atoms with Crippen LogP contribution in [0.25, 0.3) is 0 Å². The fourth-order valence-electron chi connectivity index (χ4n) is 1.63. The van der Waals surface area contributed by atoms with Crippen LogP contribution < -0.4 is 10.0 Å². The quantitative estimate of drug-likeness (QED) is 0.621. The van der Waals surface area contributed by atoms with Gasteiger partial charge in [0.25, 0.3) is 0 Å². The Hall–Kier alpha value is -0.170. The summed E-state index contributed by atoms with van der Waals surface area (Å²) < 4.78 is 31.0. The molecule has 0 radical (unpaired) electrons. The van der Waals surface area contributed by atoms with Crippen molar-refractivity contribution in [3.8, 4) is 0 Å². The van der Waals surface area contributed by atoms with Crippen molar-refractivity contribution in [2.75, 3.05) is 33.4 Å². The van der Waals surface area contributed by atoms with Crippen LogP contribution in [0.4, 0.5) is 0 Å². The molecule has 5 nitrogen and oxygen atoms in total. The summed E-state index contributed by atoms with van der Waals surface area (Å²) in [4.78, 5) is 0. The van der Waals surface area contributed by atoms with E-state index in [9.17, 15) is 8.42 Å². The van der Waals surface area contributed by atoms with Gasteiger partial charge in [-0.2, -0.15) is 0 Å². The van der Waals surface area contributed by atoms with Gasteiger partial charge in [-0.25, -0.2) is 13.1 Å². The Balaban J connectivity index is 2.30. The number of rotatable bonds is 6. The van der Waals surface area contributed by atoms with E-state index in [1.54, 1.807) is 7.11 Å². The topological polar surface area (TPSA) is 67.4 Å². The second kappa shape index (κ2) is 6.42. The first-order chi connectivity index (χ1) is 7.17. The number of hydrogen-bond donors (Lipinski definition) is 2. The zero-order valence-corrected chi connectivity index (χ0v) is 9.98. The van der Waals surface area contributed by atoms with E-state index in [4.69, 9.17) is 4.74 Å². The van der Waals surface area contributed by atoms with Crippen molar-refractivity contribution in [1.29, 1.82) is 0 Å². The minimum atomic E-state index is -3.13. The van der Waals surface area contributed by atoms with Crippen LogP contribution in [-0.4, -0.2) is 47.0 Å². The number of hydrogen-bond acceptors (Lipinski definition) is 4. The highest BCUT2D eigenvalue weighted by Crippen LogP contribution is 2.10. The molecule has 1 unspecified atom stereocenters. The zero-order chi connectivity index (χ0) is 11.1. The lowest BCUT2D eigenvalue weighted by Crippen LogP contribution is -2.44. The summed E-state index contributed by atoms with van der Waals surface area (Å²) >= 11 is 0. The van der Waals surface area contributed by atoms with Gasteiger partial charge in [0.2, 0.25) is 10.0 Å². The van der Waals surface area contributed by atoms with Crippen molar-refractivity contribution in [2.24, 2.45) is 0 Å². The molecule has 1 rings (SSSR count). The lowest BCUT2D eigenvalue weighted by Gasteiger charge is -2.22. The van der Waals surface area contributed by atoms with Crippen LogP contribution in [0.3, 0.4) is 0 Å². The Morgan fingerprint density at radius 1 is 1.53 bits per heavy atom. The Morgan fingerprint density at radius 3 is 2.93 bits per heavy atom. The first kappa shape index (κ1) is 12.9. The van der Waals surface area contributed by atoms with Gasteiger partial charge in [-0.05, 0) is 25.8 Å². The summed E-state index contributed by atoms with van der Waals surface area (Å²) in [6.07, 6.45) is 2.41. The van der Waals surface area contributed by atoms with Gasteiger partial charge in [-0.3, -0.25) is 0 Å². The third-order valence-corrected chi connectivity index (χ3v) is 4.41. The van der Waals surface area contributed by atoms with Gasteiger partial charge < -0.3 is 10.1 Å². The van der Waals surface area contributed by atoms with Crippen LogP contribution >= 0.6 is 0 Å². The van der Waals surface area contributed by atoms with Gasteiger partial charge in [-0.15, -0.1) is 0 Å². The largest absolute Gasteiger partial charge is 0.385 e. The molecule has 1 fully saturated rings. The lowest BCUT2D eigenvalue weighted by atomic mass is 10.2.